The lowest BCUT2D eigenvalue weighted by atomic mass is 10.2. The predicted molar refractivity (Wildman–Crippen MR) is 89.6 cm³/mol. The third kappa shape index (κ3) is 4.84. The van der Waals surface area contributed by atoms with Gasteiger partial charge in [-0.15, -0.1) is 0 Å². The summed E-state index contributed by atoms with van der Waals surface area (Å²) in [4.78, 5) is 3.24. The molecule has 0 aliphatic rings. The van der Waals surface area contributed by atoms with Gasteiger partial charge in [-0.05, 0) is 24.3 Å². The molecule has 0 radical (unpaired) electrons. The lowest BCUT2D eigenvalue weighted by Gasteiger charge is -2.28. The van der Waals surface area contributed by atoms with Crippen LogP contribution in [0.3, 0.4) is 0 Å². The molecular weight excluding hydrogens is 276 g/mol. The minimum absolute atomic E-state index is 0.139. The van der Waals surface area contributed by atoms with Crippen molar-refractivity contribution in [2.75, 3.05) is 38.2 Å². The molecule has 2 rings (SSSR count). The predicted octanol–water partition coefficient (Wildman–Crippen LogP) is 0.693. The molecule has 3 N–H and O–H groups in total. The highest BCUT2D eigenvalue weighted by Gasteiger charge is 2.17. The van der Waals surface area contributed by atoms with Gasteiger partial charge in [0.05, 0.1) is 20.2 Å². The second-order valence-electron chi connectivity index (χ2n) is 5.57. The van der Waals surface area contributed by atoms with Crippen molar-refractivity contribution in [1.29, 1.82) is 0 Å². The lowest BCUT2D eigenvalue weighted by Crippen LogP contribution is -3.10. The van der Waals surface area contributed by atoms with E-state index >= 15 is 0 Å². The SMILES string of the molecule is C[NH+](CCO)C[C@H](O)CN(c1ccccc1)c1ccccc1. The fourth-order valence-corrected chi connectivity index (χ4v) is 2.55. The summed E-state index contributed by atoms with van der Waals surface area (Å²) in [7, 11) is 1.98. The van der Waals surface area contributed by atoms with E-state index in [1.165, 1.54) is 0 Å². The van der Waals surface area contributed by atoms with E-state index in [-0.39, 0.29) is 6.61 Å². The fourth-order valence-electron chi connectivity index (χ4n) is 2.55. The molecule has 0 bridgehead atoms. The first kappa shape index (κ1) is 16.5. The number of rotatable bonds is 8. The summed E-state index contributed by atoms with van der Waals surface area (Å²) < 4.78 is 0. The van der Waals surface area contributed by atoms with E-state index in [0.29, 0.717) is 19.6 Å². The van der Waals surface area contributed by atoms with E-state index < -0.39 is 6.10 Å². The molecule has 118 valence electrons. The number of hydrogen-bond donors (Lipinski definition) is 3. The molecule has 22 heavy (non-hydrogen) atoms. The van der Waals surface area contributed by atoms with Crippen LogP contribution in [0.4, 0.5) is 11.4 Å². The van der Waals surface area contributed by atoms with Crippen LogP contribution in [0.2, 0.25) is 0 Å². The van der Waals surface area contributed by atoms with E-state index in [1.54, 1.807) is 0 Å². The standard InChI is InChI=1S/C18H24N2O2/c1-19(12-13-21)14-18(22)15-20(16-8-4-2-5-9-16)17-10-6-3-7-11-17/h2-11,18,21-22H,12-15H2,1H3/p+1/t18-/m0/s1. The maximum Gasteiger partial charge on any atom is 0.121 e. The second-order valence-corrected chi connectivity index (χ2v) is 5.57. The Hall–Kier alpha value is -1.88. The van der Waals surface area contributed by atoms with Crippen LogP contribution >= 0.6 is 0 Å². The van der Waals surface area contributed by atoms with Crippen LogP contribution in [-0.4, -0.2) is 49.6 Å². The smallest absolute Gasteiger partial charge is 0.121 e. The van der Waals surface area contributed by atoms with Gasteiger partial charge in [-0.2, -0.15) is 0 Å². The summed E-state index contributed by atoms with van der Waals surface area (Å²) in [5.74, 6) is 0. The van der Waals surface area contributed by atoms with E-state index in [9.17, 15) is 5.11 Å². The highest BCUT2D eigenvalue weighted by atomic mass is 16.3. The number of aliphatic hydroxyl groups excluding tert-OH is 2. The zero-order valence-corrected chi connectivity index (χ0v) is 13.0. The van der Waals surface area contributed by atoms with E-state index in [1.807, 2.05) is 67.7 Å². The number of likely N-dealkylation sites (N-methyl/N-ethyl adjacent to an activating group) is 1. The molecule has 2 aromatic carbocycles. The number of benzene rings is 2. The van der Waals surface area contributed by atoms with Crippen molar-refractivity contribution < 1.29 is 15.1 Å². The average Bonchev–Trinajstić information content (AvgIpc) is 2.54. The molecule has 0 heterocycles. The Bertz CT molecular complexity index is 494. The number of nitrogens with zero attached hydrogens (tertiary/aromatic N) is 1. The van der Waals surface area contributed by atoms with Crippen LogP contribution in [0.15, 0.2) is 60.7 Å². The molecule has 1 unspecified atom stereocenters. The summed E-state index contributed by atoms with van der Waals surface area (Å²) in [5, 5.41) is 19.4. The maximum atomic E-state index is 10.4. The lowest BCUT2D eigenvalue weighted by molar-refractivity contribution is -0.883. The van der Waals surface area contributed by atoms with Gasteiger partial charge in [0.1, 0.15) is 19.2 Å². The van der Waals surface area contributed by atoms with Crippen LogP contribution in [0.1, 0.15) is 0 Å². The molecule has 0 fully saturated rings. The van der Waals surface area contributed by atoms with Gasteiger partial charge in [0, 0.05) is 11.4 Å². The summed E-state index contributed by atoms with van der Waals surface area (Å²) in [6.45, 7) is 1.92. The summed E-state index contributed by atoms with van der Waals surface area (Å²) in [6, 6.07) is 20.2. The third-order valence-corrected chi connectivity index (χ3v) is 3.65. The fraction of sp³-hybridized carbons (Fsp3) is 0.333. The van der Waals surface area contributed by atoms with E-state index in [4.69, 9.17) is 5.11 Å². The minimum Gasteiger partial charge on any atom is -0.391 e. The van der Waals surface area contributed by atoms with Crippen molar-refractivity contribution in [3.8, 4) is 0 Å². The summed E-state index contributed by atoms with van der Waals surface area (Å²) in [5.41, 5.74) is 2.13. The Morgan fingerprint density at radius 3 is 1.91 bits per heavy atom. The molecule has 2 atom stereocenters. The first-order valence-corrected chi connectivity index (χ1v) is 7.68. The molecule has 0 aliphatic heterocycles. The number of anilines is 2. The zero-order chi connectivity index (χ0) is 15.8. The molecule has 0 saturated carbocycles. The number of hydrogen-bond acceptors (Lipinski definition) is 3. The van der Waals surface area contributed by atoms with E-state index in [0.717, 1.165) is 16.3 Å². The van der Waals surface area contributed by atoms with Gasteiger partial charge in [0.2, 0.25) is 0 Å². The first-order valence-electron chi connectivity index (χ1n) is 7.68. The van der Waals surface area contributed by atoms with Crippen LogP contribution in [0.25, 0.3) is 0 Å². The van der Waals surface area contributed by atoms with Crippen LogP contribution in [-0.2, 0) is 0 Å². The molecule has 0 aromatic heterocycles. The Morgan fingerprint density at radius 1 is 0.955 bits per heavy atom. The first-order chi connectivity index (χ1) is 10.7. The highest BCUT2D eigenvalue weighted by Crippen LogP contribution is 2.24. The normalized spacial score (nSPS) is 13.6. The number of para-hydroxylation sites is 2. The largest absolute Gasteiger partial charge is 0.391 e. The summed E-state index contributed by atoms with van der Waals surface area (Å²) in [6.07, 6.45) is -0.466. The second kappa shape index (κ2) is 8.54. The molecule has 0 amide bonds. The molecule has 2 aromatic rings. The Labute approximate surface area is 132 Å². The van der Waals surface area contributed by atoms with E-state index in [2.05, 4.69) is 4.90 Å². The van der Waals surface area contributed by atoms with Crippen LogP contribution in [0.5, 0.6) is 0 Å². The van der Waals surface area contributed by atoms with Crippen molar-refractivity contribution in [1.82, 2.24) is 0 Å². The molecule has 0 aliphatic carbocycles. The maximum absolute atomic E-state index is 10.4. The number of quaternary nitrogens is 1. The van der Waals surface area contributed by atoms with Crippen LogP contribution in [0, 0.1) is 0 Å². The zero-order valence-electron chi connectivity index (χ0n) is 13.0. The topological polar surface area (TPSA) is 48.1 Å². The summed E-state index contributed by atoms with van der Waals surface area (Å²) >= 11 is 0. The van der Waals surface area contributed by atoms with Crippen LogP contribution < -0.4 is 9.80 Å². The average molecular weight is 301 g/mol. The number of nitrogens with one attached hydrogen (secondary N) is 1. The molecule has 0 saturated heterocycles. The Balaban J connectivity index is 2.12. The van der Waals surface area contributed by atoms with Gasteiger partial charge in [-0.25, -0.2) is 0 Å². The Morgan fingerprint density at radius 2 is 1.45 bits per heavy atom. The molecule has 4 nitrogen and oxygen atoms in total. The van der Waals surface area contributed by atoms with Gasteiger partial charge >= 0.3 is 0 Å². The molecule has 0 spiro atoms. The van der Waals surface area contributed by atoms with Gasteiger partial charge in [0.15, 0.2) is 0 Å². The number of aliphatic hydroxyl groups is 2. The van der Waals surface area contributed by atoms with Crippen molar-refractivity contribution >= 4 is 11.4 Å². The van der Waals surface area contributed by atoms with Crippen molar-refractivity contribution in [2.24, 2.45) is 0 Å². The quantitative estimate of drug-likeness (QED) is 0.672. The van der Waals surface area contributed by atoms with Crippen molar-refractivity contribution in [3.63, 3.8) is 0 Å². The Kier molecular flexibility index (Phi) is 6.40. The monoisotopic (exact) mass is 301 g/mol. The van der Waals surface area contributed by atoms with Crippen molar-refractivity contribution in [3.05, 3.63) is 60.7 Å². The minimum atomic E-state index is -0.466. The highest BCUT2D eigenvalue weighted by molar-refractivity contribution is 5.62. The molecular formula is C18H25N2O2+. The third-order valence-electron chi connectivity index (χ3n) is 3.65. The van der Waals surface area contributed by atoms with Gasteiger partial charge in [0.25, 0.3) is 0 Å². The van der Waals surface area contributed by atoms with Gasteiger partial charge < -0.3 is 20.0 Å². The van der Waals surface area contributed by atoms with Crippen molar-refractivity contribution in [2.45, 2.75) is 6.10 Å². The molecule has 4 heteroatoms. The van der Waals surface area contributed by atoms with Gasteiger partial charge in [-0.1, -0.05) is 36.4 Å². The van der Waals surface area contributed by atoms with Gasteiger partial charge in [-0.3, -0.25) is 0 Å².